The minimum atomic E-state index is -1.61. The number of nitrogens with one attached hydrogen (secondary N) is 7. The number of nitrogen functional groups attached to an aromatic ring is 1. The highest BCUT2D eigenvalue weighted by atomic mass is 33.1. The van der Waals surface area contributed by atoms with Crippen LogP contribution in [0.3, 0.4) is 0 Å². The third kappa shape index (κ3) is 25.8. The average Bonchev–Trinajstić information content (AvgIpc) is 1.56. The number of rotatable bonds is 40. The zero-order chi connectivity index (χ0) is 97.4. The molecule has 6 saturated heterocycles. The number of fused-ring (bicyclic) bond motifs is 6. The molecule has 13 rings (SSSR count). The van der Waals surface area contributed by atoms with Crippen molar-refractivity contribution in [1.29, 1.82) is 0 Å². The first kappa shape index (κ1) is 105. The van der Waals surface area contributed by atoms with Gasteiger partial charge in [0.05, 0.1) is 109 Å². The number of carbonyl (C=O) groups is 9. The number of ether oxygens (including phenoxy) is 7. The second kappa shape index (κ2) is 47.2. The zero-order valence-electron chi connectivity index (χ0n) is 78.6. The normalized spacial score (nSPS) is 28.4. The van der Waals surface area contributed by atoms with E-state index in [1.165, 1.54) is 39.9 Å². The SMILES string of the molecule is CO[C@@H]1C[C@@H](C[C@H]2CC[C@H](C)C([C@@H](C)C(=O)NCCSSC[C@H](NC(=O)C(CCCNC(=O)CCS)CC(=O)CC[C@H](NC(=O)c3ccc(NCc4cnc5nc(N)[nH]c(=O)c5n4)cc3)C(=O)O)C(=O)O)O2)O[C@]2(O[C@@](C)(C3CC[C@@](C)([C@@H]4O[C@@H]([C@@H]5O[C@@](O)(CO)[C@H](C)C[C@@H]5C)C[C@@H]4C)O3)C[C@H]2C)[C@@H]1C.Cn1nnc2c1-c1ccccc1CN(C(=O)CCC(=O)NCCS)c1ccccc1-2. The van der Waals surface area contributed by atoms with Crippen LogP contribution in [0, 0.1) is 47.3 Å². The summed E-state index contributed by atoms with van der Waals surface area (Å²) in [5.74, 6) is -8.23. The molecule has 40 heteroatoms. The van der Waals surface area contributed by atoms with Gasteiger partial charge in [-0.25, -0.2) is 24.2 Å². The molecule has 10 heterocycles. The third-order valence-electron chi connectivity index (χ3n) is 27.7. The maximum atomic E-state index is 13.9. The summed E-state index contributed by atoms with van der Waals surface area (Å²) < 4.78 is 49.8. The predicted molar refractivity (Wildman–Crippen MR) is 516 cm³/mol. The van der Waals surface area contributed by atoms with Crippen LogP contribution in [0.2, 0.25) is 0 Å². The Bertz CT molecular complexity index is 5200. The van der Waals surface area contributed by atoms with Gasteiger partial charge in [-0.3, -0.25) is 43.3 Å². The van der Waals surface area contributed by atoms with Crippen molar-refractivity contribution in [3.05, 3.63) is 106 Å². The Labute approximate surface area is 805 Å². The summed E-state index contributed by atoms with van der Waals surface area (Å²) in [4.78, 5) is 146. The van der Waals surface area contributed by atoms with E-state index >= 15 is 0 Å². The molecule has 0 radical (unpaired) electrons. The summed E-state index contributed by atoms with van der Waals surface area (Å²) in [6.07, 6.45) is 5.74. The summed E-state index contributed by atoms with van der Waals surface area (Å²) in [6, 6.07) is 18.9. The van der Waals surface area contributed by atoms with Crippen LogP contribution >= 0.6 is 46.8 Å². The number of aromatic nitrogens is 7. The minimum absolute atomic E-state index is 0.00829. The molecule has 0 aliphatic carbocycles. The number of aryl methyl sites for hydroxylation is 1. The highest BCUT2D eigenvalue weighted by Crippen LogP contribution is 2.58. The number of methoxy groups -OCH3 is 1. The number of aliphatic hydroxyl groups is 2. The summed E-state index contributed by atoms with van der Waals surface area (Å²) in [7, 11) is 6.13. The predicted octanol–water partition coefficient (Wildman–Crippen LogP) is 9.19. The van der Waals surface area contributed by atoms with Crippen molar-refractivity contribution >= 4 is 128 Å². The van der Waals surface area contributed by atoms with Gasteiger partial charge in [0.1, 0.15) is 23.6 Å². The van der Waals surface area contributed by atoms with E-state index in [1.54, 1.807) is 28.8 Å². The zero-order valence-corrected chi connectivity index (χ0v) is 82.1. The Kier molecular flexibility index (Phi) is 36.7. The van der Waals surface area contributed by atoms with Crippen LogP contribution in [0.15, 0.2) is 83.8 Å². The number of nitrogens with two attached hydrogens (primary N) is 1. The molecule has 135 heavy (non-hydrogen) atoms. The number of nitrogens with zero attached hydrogens (tertiary/aromatic N) is 7. The van der Waals surface area contributed by atoms with E-state index in [9.17, 15) is 68.4 Å². The van der Waals surface area contributed by atoms with Crippen molar-refractivity contribution in [2.45, 2.75) is 268 Å². The number of benzene rings is 3. The van der Waals surface area contributed by atoms with Crippen molar-refractivity contribution in [2.75, 3.05) is 72.3 Å². The van der Waals surface area contributed by atoms with Gasteiger partial charge in [0, 0.05) is 142 Å². The molecular weight excluding hydrogens is 1820 g/mol. The van der Waals surface area contributed by atoms with E-state index in [-0.39, 0.29) is 207 Å². The number of amides is 6. The average molecular weight is 1950 g/mol. The number of hydrogen-bond acceptors (Lipinski definition) is 30. The van der Waals surface area contributed by atoms with E-state index in [0.29, 0.717) is 67.4 Å². The lowest BCUT2D eigenvalue weighted by Crippen LogP contribution is -2.58. The first-order valence-electron chi connectivity index (χ1n) is 46.9. The second-order valence-electron chi connectivity index (χ2n) is 37.7. The van der Waals surface area contributed by atoms with Crippen LogP contribution in [0.1, 0.15) is 193 Å². The number of hydrogen-bond donors (Lipinski definition) is 14. The molecule has 3 aromatic heterocycles. The second-order valence-corrected chi connectivity index (χ2v) is 41.2. The molecule has 0 saturated carbocycles. The molecule has 738 valence electrons. The van der Waals surface area contributed by atoms with Crippen molar-refractivity contribution < 1.29 is 96.7 Å². The van der Waals surface area contributed by atoms with Crippen LogP contribution in [0.4, 0.5) is 17.3 Å². The van der Waals surface area contributed by atoms with Crippen LogP contribution in [0.25, 0.3) is 33.7 Å². The number of para-hydroxylation sites is 1. The molecule has 0 bridgehead atoms. The number of H-pyrrole nitrogens is 1. The van der Waals surface area contributed by atoms with Gasteiger partial charge in [0.15, 0.2) is 22.7 Å². The maximum Gasteiger partial charge on any atom is 0.327 e. The van der Waals surface area contributed by atoms with Gasteiger partial charge in [-0.2, -0.15) is 30.2 Å². The van der Waals surface area contributed by atoms with E-state index < -0.39 is 88.4 Å². The molecule has 6 fully saturated rings. The molecule has 7 aliphatic heterocycles. The topological polar surface area (TPSA) is 503 Å². The summed E-state index contributed by atoms with van der Waals surface area (Å²) in [5, 5.41) is 66.9. The Balaban J connectivity index is 0.000000458. The standard InChI is InChI=1S/C73H110N10O19S3.C22H23N5O2S/c1-38-13-19-50(31-51-32-54(96-10)44(7)73(99-51)42(5)33-71(9,102-73)56-21-23-70(8,100-56)61-40(3)29-55(98-61)60-39(2)28-41(4)72(95,37-84)101-60)97-59(38)43(6)63(87)76-25-27-104-105-36-53(68(93)94)81-65(89)46(12-11-24-75-57(86)22-26-103)30-49(85)18-20-52(67(91)92)80-64(88)45-14-16-47(17-15-45)77-34-48-35-78-62-58(79-48)66(90)83-69(74)82-62;1-26-22-16-7-3-2-6-15(16)14-27(20(29)11-10-19(28)23-12-13-30)18-9-5-4-8-17(18)21(22)24-25-26/h14-17,35,38-44,46,50-56,59-61,77,84,95,103H,11-13,18-34,36-37H2,1-10H3,(H,75,86)(H,76,87)(H,80,88)(H,81,89)(H,91,92)(H,93,94)(H3,74,78,82,83,90);2-9,30H,10-14H2,1H3,(H,23,28)/t38-,39-,40-,41+,42+,43+,44+,46?,50+,51+,52-,53-,54+,55+,56?,59?,60+,61+,70-,71+,72-,73+;/m0./s1. The first-order valence-corrected chi connectivity index (χ1v) is 50.7. The van der Waals surface area contributed by atoms with Crippen molar-refractivity contribution in [3.8, 4) is 22.5 Å². The quantitative estimate of drug-likeness (QED) is 0.00967. The fraction of sp³-hybridized carbons (Fsp3) is 0.632. The summed E-state index contributed by atoms with van der Waals surface area (Å²) in [6.45, 7) is 19.8. The van der Waals surface area contributed by atoms with Gasteiger partial charge >= 0.3 is 11.9 Å². The molecule has 7 aliphatic rings. The van der Waals surface area contributed by atoms with Gasteiger partial charge in [-0.05, 0) is 137 Å². The van der Waals surface area contributed by atoms with Gasteiger partial charge in [0.2, 0.25) is 35.5 Å². The molecule has 1 spiro atoms. The Hall–Kier alpha value is -8.91. The van der Waals surface area contributed by atoms with Crippen molar-refractivity contribution in [1.82, 2.24) is 61.5 Å². The number of aromatic amines is 1. The first-order chi connectivity index (χ1) is 64.4. The molecule has 6 amide bonds. The van der Waals surface area contributed by atoms with Crippen molar-refractivity contribution in [2.24, 2.45) is 54.4 Å². The number of anilines is 3. The van der Waals surface area contributed by atoms with Crippen LogP contribution < -0.4 is 48.1 Å². The molecular formula is C95H133N15O21S4. The molecule has 6 aromatic rings. The van der Waals surface area contributed by atoms with E-state index in [0.717, 1.165) is 65.9 Å². The number of thiol groups is 2. The number of ketones is 1. The number of carboxylic acids is 2. The Morgan fingerprint density at radius 1 is 0.741 bits per heavy atom. The number of Topliss-reactive ketones (excluding diaryl/α,β-unsaturated/α-hetero) is 1. The lowest BCUT2D eigenvalue weighted by molar-refractivity contribution is -0.353. The van der Waals surface area contributed by atoms with Crippen LogP contribution in [-0.2, 0) is 91.7 Å². The van der Waals surface area contributed by atoms with Crippen LogP contribution in [-0.4, -0.2) is 249 Å². The van der Waals surface area contributed by atoms with E-state index in [4.69, 9.17) is 38.9 Å². The van der Waals surface area contributed by atoms with Crippen LogP contribution in [0.5, 0.6) is 0 Å². The monoisotopic (exact) mass is 1950 g/mol. The number of carboxylic acid groups (broad SMARTS) is 2. The fourth-order valence-electron chi connectivity index (χ4n) is 20.3. The van der Waals surface area contributed by atoms with E-state index in [1.807, 2.05) is 69.4 Å². The lowest BCUT2D eigenvalue weighted by atomic mass is 9.78. The molecule has 36 nitrogen and oxygen atoms in total. The number of aliphatic carboxylic acids is 2. The van der Waals surface area contributed by atoms with Gasteiger partial charge in [0.25, 0.3) is 11.5 Å². The van der Waals surface area contributed by atoms with Gasteiger partial charge in [-0.15, -0.1) is 5.10 Å². The smallest absolute Gasteiger partial charge is 0.327 e. The molecule has 13 N–H and O–H groups in total. The minimum Gasteiger partial charge on any atom is -0.480 e. The highest BCUT2D eigenvalue weighted by Gasteiger charge is 2.65. The fourth-order valence-corrected chi connectivity index (χ4v) is 22.7. The van der Waals surface area contributed by atoms with Gasteiger partial charge < -0.3 is 96.1 Å². The highest BCUT2D eigenvalue weighted by molar-refractivity contribution is 8.76. The van der Waals surface area contributed by atoms with Crippen molar-refractivity contribution in [3.63, 3.8) is 0 Å². The summed E-state index contributed by atoms with van der Waals surface area (Å²) >= 11 is 8.18. The molecule has 3 unspecified atom stereocenters. The summed E-state index contributed by atoms with van der Waals surface area (Å²) in [5.41, 5.74) is 10.3. The maximum absolute atomic E-state index is 13.9. The third-order valence-corrected chi connectivity index (χ3v) is 30.6. The number of carbonyl (C=O) groups excluding carboxylic acids is 7. The Morgan fingerprint density at radius 3 is 2.19 bits per heavy atom. The lowest BCUT2D eigenvalue weighted by Gasteiger charge is -2.50. The molecule has 3 aromatic carbocycles. The van der Waals surface area contributed by atoms with Gasteiger partial charge in [-0.1, -0.05) is 118 Å². The largest absolute Gasteiger partial charge is 0.480 e. The molecule has 22 atom stereocenters. The van der Waals surface area contributed by atoms with E-state index in [2.05, 4.69) is 136 Å². The number of aliphatic hydroxyl groups excluding tert-OH is 1. The Morgan fingerprint density at radius 2 is 1.47 bits per heavy atom.